The molecule has 2 aliphatic rings. The quantitative estimate of drug-likeness (QED) is 0.616. The van der Waals surface area contributed by atoms with Crippen LogP contribution in [0.4, 0.5) is 11.4 Å². The highest BCUT2D eigenvalue weighted by Crippen LogP contribution is 2.36. The molecule has 0 aliphatic carbocycles. The molecule has 0 saturated heterocycles. The van der Waals surface area contributed by atoms with E-state index in [9.17, 15) is 9.90 Å². The second kappa shape index (κ2) is 8.35. The molecule has 30 heavy (non-hydrogen) atoms. The number of aliphatic imine (C=N–C) groups is 2. The number of aliphatic hydroxyl groups excluding tert-OH is 1. The van der Waals surface area contributed by atoms with E-state index in [0.29, 0.717) is 41.2 Å². The number of nitrogens with zero attached hydrogens (tertiary/aromatic N) is 3. The number of nitrogens with one attached hydrogen (secondary N) is 2. The summed E-state index contributed by atoms with van der Waals surface area (Å²) in [5, 5.41) is 16.9. The smallest absolute Gasteiger partial charge is 0.277 e. The monoisotopic (exact) mass is 445 g/mol. The number of amides is 1. The Morgan fingerprint density at radius 2 is 1.97 bits per heavy atom. The van der Waals surface area contributed by atoms with Gasteiger partial charge in [-0.25, -0.2) is 9.98 Å². The summed E-state index contributed by atoms with van der Waals surface area (Å²) in [7, 11) is 0. The molecule has 2 aromatic carbocycles. The number of anilines is 1. The van der Waals surface area contributed by atoms with Crippen LogP contribution in [0.15, 0.2) is 40.3 Å². The van der Waals surface area contributed by atoms with Gasteiger partial charge in [-0.2, -0.15) is 0 Å². The molecule has 1 amide bonds. The number of aliphatic hydroxyl groups is 1. The van der Waals surface area contributed by atoms with Gasteiger partial charge in [-0.15, -0.1) is 0 Å². The number of amidine groups is 1. The SMILES string of the molecule is Cc1cc2c(cc1C)N(CCNCc1ccc(Cl)cc1Cl)C1=NC(O)NC(=O)C1=N2. The van der Waals surface area contributed by atoms with Crippen molar-refractivity contribution in [2.45, 2.75) is 26.7 Å². The summed E-state index contributed by atoms with van der Waals surface area (Å²) in [4.78, 5) is 23.0. The summed E-state index contributed by atoms with van der Waals surface area (Å²) >= 11 is 12.2. The molecule has 1 unspecified atom stereocenters. The fourth-order valence-electron chi connectivity index (χ4n) is 3.43. The second-order valence-electron chi connectivity index (χ2n) is 7.25. The fourth-order valence-corrected chi connectivity index (χ4v) is 3.90. The van der Waals surface area contributed by atoms with Gasteiger partial charge in [-0.05, 0) is 54.8 Å². The van der Waals surface area contributed by atoms with Crippen LogP contribution in [-0.2, 0) is 11.3 Å². The number of carbonyl (C=O) groups excluding carboxylic acids is 1. The van der Waals surface area contributed by atoms with Crippen molar-refractivity contribution < 1.29 is 9.90 Å². The minimum absolute atomic E-state index is 0.205. The van der Waals surface area contributed by atoms with Crippen molar-refractivity contribution in [1.29, 1.82) is 0 Å². The van der Waals surface area contributed by atoms with Crippen LogP contribution in [0, 0.1) is 13.8 Å². The standard InChI is InChI=1S/C21H21Cl2N5O2/c1-11-7-16-17(8-12(11)2)28(19-18(25-16)20(29)27-21(30)26-19)6-5-24-10-13-3-4-14(22)9-15(13)23/h3-4,7-9,21,24,30H,5-6,10H2,1-2H3,(H,27,29). The Labute approximate surface area is 184 Å². The first-order valence-electron chi connectivity index (χ1n) is 9.52. The summed E-state index contributed by atoms with van der Waals surface area (Å²) in [5.74, 6) is -0.0735. The molecule has 0 saturated carbocycles. The Morgan fingerprint density at radius 1 is 1.20 bits per heavy atom. The molecule has 0 aromatic heterocycles. The molecule has 0 fully saturated rings. The van der Waals surface area contributed by atoms with E-state index in [1.807, 2.05) is 36.9 Å². The van der Waals surface area contributed by atoms with E-state index < -0.39 is 12.3 Å². The normalized spacial score (nSPS) is 17.7. The Morgan fingerprint density at radius 3 is 2.73 bits per heavy atom. The van der Waals surface area contributed by atoms with Crippen molar-refractivity contribution in [1.82, 2.24) is 10.6 Å². The Hall–Kier alpha value is -2.45. The molecule has 0 spiro atoms. The number of hydrogen-bond acceptors (Lipinski definition) is 6. The van der Waals surface area contributed by atoms with E-state index in [4.69, 9.17) is 23.2 Å². The maximum absolute atomic E-state index is 12.4. The Balaban J connectivity index is 1.57. The van der Waals surface area contributed by atoms with Crippen molar-refractivity contribution >= 4 is 52.0 Å². The highest BCUT2D eigenvalue weighted by atomic mass is 35.5. The van der Waals surface area contributed by atoms with Crippen molar-refractivity contribution in [2.24, 2.45) is 9.98 Å². The van der Waals surface area contributed by atoms with E-state index in [2.05, 4.69) is 20.6 Å². The molecule has 2 aromatic rings. The third-order valence-electron chi connectivity index (χ3n) is 5.14. The minimum Gasteiger partial charge on any atom is -0.355 e. The Bertz CT molecular complexity index is 1080. The molecule has 7 nitrogen and oxygen atoms in total. The van der Waals surface area contributed by atoms with Crippen molar-refractivity contribution in [2.75, 3.05) is 18.0 Å². The number of carbonyl (C=O) groups is 1. The number of aryl methyl sites for hydroxylation is 2. The molecule has 3 N–H and O–H groups in total. The number of fused-ring (bicyclic) bond motifs is 2. The molecule has 0 radical (unpaired) electrons. The summed E-state index contributed by atoms with van der Waals surface area (Å²) in [6.07, 6.45) is -1.29. The first-order chi connectivity index (χ1) is 14.3. The van der Waals surface area contributed by atoms with Crippen molar-refractivity contribution in [3.05, 3.63) is 57.1 Å². The zero-order chi connectivity index (χ0) is 21.4. The van der Waals surface area contributed by atoms with E-state index in [1.54, 1.807) is 12.1 Å². The van der Waals surface area contributed by atoms with Crippen LogP contribution in [0.2, 0.25) is 10.0 Å². The number of hydrogen-bond donors (Lipinski definition) is 3. The van der Waals surface area contributed by atoms with Gasteiger partial charge in [0.1, 0.15) is 0 Å². The molecule has 4 rings (SSSR count). The fraction of sp³-hybridized carbons (Fsp3) is 0.286. The average molecular weight is 446 g/mol. The molecular formula is C21H21Cl2N5O2. The lowest BCUT2D eigenvalue weighted by molar-refractivity contribution is -0.117. The van der Waals surface area contributed by atoms with E-state index >= 15 is 0 Å². The van der Waals surface area contributed by atoms with Gasteiger partial charge in [0.25, 0.3) is 5.91 Å². The lowest BCUT2D eigenvalue weighted by Gasteiger charge is -2.34. The first-order valence-corrected chi connectivity index (χ1v) is 10.3. The third-order valence-corrected chi connectivity index (χ3v) is 5.73. The van der Waals surface area contributed by atoms with Gasteiger partial charge < -0.3 is 20.6 Å². The number of benzene rings is 2. The maximum Gasteiger partial charge on any atom is 0.277 e. The summed E-state index contributed by atoms with van der Waals surface area (Å²) in [6.45, 7) is 5.72. The molecule has 1 atom stereocenters. The topological polar surface area (TPSA) is 89.3 Å². The van der Waals surface area contributed by atoms with Gasteiger partial charge in [0.2, 0.25) is 6.35 Å². The number of halogens is 2. The summed E-state index contributed by atoms with van der Waals surface area (Å²) < 4.78 is 0. The molecule has 2 heterocycles. The predicted octanol–water partition coefficient (Wildman–Crippen LogP) is 3.10. The molecular weight excluding hydrogens is 425 g/mol. The zero-order valence-corrected chi connectivity index (χ0v) is 18.1. The van der Waals surface area contributed by atoms with Crippen LogP contribution in [0.3, 0.4) is 0 Å². The van der Waals surface area contributed by atoms with Gasteiger partial charge >= 0.3 is 0 Å². The van der Waals surface area contributed by atoms with Crippen LogP contribution in [0.5, 0.6) is 0 Å². The molecule has 156 valence electrons. The summed E-state index contributed by atoms with van der Waals surface area (Å²) in [5.41, 5.74) is 4.91. The largest absolute Gasteiger partial charge is 0.355 e. The van der Waals surface area contributed by atoms with E-state index in [0.717, 1.165) is 22.4 Å². The van der Waals surface area contributed by atoms with Crippen LogP contribution in [0.25, 0.3) is 0 Å². The second-order valence-corrected chi connectivity index (χ2v) is 8.09. The highest BCUT2D eigenvalue weighted by molar-refractivity contribution is 6.70. The lowest BCUT2D eigenvalue weighted by atomic mass is 10.0. The van der Waals surface area contributed by atoms with Gasteiger partial charge in [-0.1, -0.05) is 29.3 Å². The van der Waals surface area contributed by atoms with Crippen LogP contribution >= 0.6 is 23.2 Å². The van der Waals surface area contributed by atoms with Crippen LogP contribution in [-0.4, -0.2) is 42.0 Å². The molecule has 9 heteroatoms. The van der Waals surface area contributed by atoms with Gasteiger partial charge in [0.15, 0.2) is 11.5 Å². The van der Waals surface area contributed by atoms with Gasteiger partial charge in [0.05, 0.1) is 11.4 Å². The van der Waals surface area contributed by atoms with Gasteiger partial charge in [-0.3, -0.25) is 4.79 Å². The van der Waals surface area contributed by atoms with Crippen LogP contribution in [0.1, 0.15) is 16.7 Å². The molecule has 0 bridgehead atoms. The number of rotatable bonds is 5. The lowest BCUT2D eigenvalue weighted by Crippen LogP contribution is -2.54. The van der Waals surface area contributed by atoms with Crippen LogP contribution < -0.4 is 15.5 Å². The minimum atomic E-state index is -1.29. The molecule has 2 aliphatic heterocycles. The van der Waals surface area contributed by atoms with Crippen molar-refractivity contribution in [3.8, 4) is 0 Å². The average Bonchev–Trinajstić information content (AvgIpc) is 2.68. The summed E-state index contributed by atoms with van der Waals surface area (Å²) in [6, 6.07) is 9.39. The van der Waals surface area contributed by atoms with E-state index in [-0.39, 0.29) is 5.71 Å². The highest BCUT2D eigenvalue weighted by Gasteiger charge is 2.35. The first kappa shape index (κ1) is 20.8. The third kappa shape index (κ3) is 4.06. The Kier molecular flexibility index (Phi) is 5.79. The van der Waals surface area contributed by atoms with E-state index in [1.165, 1.54) is 0 Å². The van der Waals surface area contributed by atoms with Crippen molar-refractivity contribution in [3.63, 3.8) is 0 Å². The maximum atomic E-state index is 12.4. The zero-order valence-electron chi connectivity index (χ0n) is 16.5. The predicted molar refractivity (Wildman–Crippen MR) is 120 cm³/mol. The van der Waals surface area contributed by atoms with Gasteiger partial charge in [0, 0.05) is 29.7 Å².